The Kier molecular flexibility index (Phi) is 8.28. The Hall–Kier alpha value is -2.78. The van der Waals surface area contributed by atoms with Gasteiger partial charge in [0.05, 0.1) is 26.9 Å². The van der Waals surface area contributed by atoms with Crippen molar-refractivity contribution in [2.75, 3.05) is 20.8 Å². The van der Waals surface area contributed by atoms with Crippen LogP contribution in [-0.2, 0) is 41.6 Å². The summed E-state index contributed by atoms with van der Waals surface area (Å²) in [5, 5.41) is 0. The van der Waals surface area contributed by atoms with E-state index in [9.17, 15) is 0 Å². The highest BCUT2D eigenvalue weighted by Crippen LogP contribution is 2.37. The van der Waals surface area contributed by atoms with Crippen LogP contribution in [0.4, 0.5) is 0 Å². The van der Waals surface area contributed by atoms with Crippen molar-refractivity contribution in [3.05, 3.63) is 102 Å². The number of hydrogen-bond donors (Lipinski definition) is 0. The lowest BCUT2D eigenvalue weighted by molar-refractivity contribution is -0.369. The zero-order valence-corrected chi connectivity index (χ0v) is 20.5. The molecule has 190 valence electrons. The second-order valence-corrected chi connectivity index (χ2v) is 8.84. The summed E-state index contributed by atoms with van der Waals surface area (Å²) in [6.45, 7) is 1.15. The molecule has 0 saturated carbocycles. The predicted molar refractivity (Wildman–Crippen MR) is 132 cm³/mol. The lowest BCUT2D eigenvalue weighted by Crippen LogP contribution is -2.63. The molecule has 0 spiro atoms. The first-order chi connectivity index (χ1) is 17.7. The molecule has 36 heavy (non-hydrogen) atoms. The molecule has 2 saturated heterocycles. The van der Waals surface area contributed by atoms with Crippen LogP contribution in [0.1, 0.15) is 23.0 Å². The highest BCUT2D eigenvalue weighted by molar-refractivity contribution is 5.28. The van der Waals surface area contributed by atoms with Gasteiger partial charge >= 0.3 is 0 Å². The van der Waals surface area contributed by atoms with Gasteiger partial charge in [0, 0.05) is 12.7 Å². The van der Waals surface area contributed by atoms with Gasteiger partial charge in [-0.3, -0.25) is 0 Å². The minimum atomic E-state index is -0.625. The molecule has 0 aromatic heterocycles. The summed E-state index contributed by atoms with van der Waals surface area (Å²) in [6, 6.07) is 27.7. The van der Waals surface area contributed by atoms with Gasteiger partial charge in [0.2, 0.25) is 0 Å². The fourth-order valence-electron chi connectivity index (χ4n) is 4.57. The van der Waals surface area contributed by atoms with Crippen molar-refractivity contribution in [1.82, 2.24) is 0 Å². The Morgan fingerprint density at radius 3 is 1.92 bits per heavy atom. The molecule has 0 bridgehead atoms. The van der Waals surface area contributed by atoms with Crippen LogP contribution in [-0.4, -0.2) is 51.5 Å². The topological polar surface area (TPSA) is 64.6 Å². The zero-order valence-electron chi connectivity index (χ0n) is 20.5. The van der Waals surface area contributed by atoms with Gasteiger partial charge < -0.3 is 33.2 Å². The maximum atomic E-state index is 6.51. The molecule has 2 fully saturated rings. The van der Waals surface area contributed by atoms with E-state index in [0.717, 1.165) is 22.4 Å². The number of rotatable bonds is 9. The third kappa shape index (κ3) is 5.78. The molecule has 2 heterocycles. The quantitative estimate of drug-likeness (QED) is 0.431. The van der Waals surface area contributed by atoms with Crippen LogP contribution in [0.3, 0.4) is 0 Å². The molecule has 2 aliphatic rings. The standard InChI is InChI=1S/C29H32O7/c1-30-23-15-13-22(14-16-23)28-34-19-24-25(36-28)26(32-17-20-9-5-3-6-10-20)27(29(31-2)35-24)33-18-21-11-7-4-8-12-21/h3-16,24-29H,17-19H2,1-2H3/t24-,25-,26+,27+,28?,29-/m1/s1. The average Bonchev–Trinajstić information content (AvgIpc) is 2.95. The highest BCUT2D eigenvalue weighted by atomic mass is 16.8. The van der Waals surface area contributed by atoms with Gasteiger partial charge in [-0.05, 0) is 23.3 Å². The van der Waals surface area contributed by atoms with Gasteiger partial charge in [-0.15, -0.1) is 0 Å². The van der Waals surface area contributed by atoms with E-state index in [0.29, 0.717) is 19.8 Å². The summed E-state index contributed by atoms with van der Waals surface area (Å²) in [5.41, 5.74) is 3.02. The van der Waals surface area contributed by atoms with Crippen LogP contribution >= 0.6 is 0 Å². The van der Waals surface area contributed by atoms with Crippen LogP contribution in [0.25, 0.3) is 0 Å². The first-order valence-corrected chi connectivity index (χ1v) is 12.2. The maximum Gasteiger partial charge on any atom is 0.186 e. The van der Waals surface area contributed by atoms with Gasteiger partial charge in [0.25, 0.3) is 0 Å². The summed E-state index contributed by atoms with van der Waals surface area (Å²) in [6.07, 6.45) is -2.90. The van der Waals surface area contributed by atoms with Crippen molar-refractivity contribution < 1.29 is 33.2 Å². The second-order valence-electron chi connectivity index (χ2n) is 8.84. The summed E-state index contributed by atoms with van der Waals surface area (Å²) >= 11 is 0. The smallest absolute Gasteiger partial charge is 0.186 e. The van der Waals surface area contributed by atoms with E-state index in [1.165, 1.54) is 0 Å². The third-order valence-corrected chi connectivity index (χ3v) is 6.47. The minimum absolute atomic E-state index is 0.345. The van der Waals surface area contributed by atoms with E-state index in [2.05, 4.69) is 0 Å². The molecule has 3 aromatic carbocycles. The molecule has 3 aromatic rings. The van der Waals surface area contributed by atoms with E-state index >= 15 is 0 Å². The van der Waals surface area contributed by atoms with Crippen LogP contribution < -0.4 is 4.74 Å². The fraction of sp³-hybridized carbons (Fsp3) is 0.379. The van der Waals surface area contributed by atoms with Crippen molar-refractivity contribution in [3.63, 3.8) is 0 Å². The third-order valence-electron chi connectivity index (χ3n) is 6.47. The average molecular weight is 493 g/mol. The fourth-order valence-corrected chi connectivity index (χ4v) is 4.57. The normalized spacial score (nSPS) is 27.8. The predicted octanol–water partition coefficient (Wildman–Crippen LogP) is 4.65. The Morgan fingerprint density at radius 1 is 0.722 bits per heavy atom. The molecule has 0 aliphatic carbocycles. The van der Waals surface area contributed by atoms with E-state index in [1.807, 2.05) is 84.9 Å². The number of benzene rings is 3. The van der Waals surface area contributed by atoms with E-state index < -0.39 is 30.9 Å². The monoisotopic (exact) mass is 492 g/mol. The van der Waals surface area contributed by atoms with Crippen LogP contribution in [0.5, 0.6) is 5.75 Å². The summed E-state index contributed by atoms with van der Waals surface area (Å²) < 4.78 is 42.6. The summed E-state index contributed by atoms with van der Waals surface area (Å²) in [7, 11) is 3.26. The van der Waals surface area contributed by atoms with Gasteiger partial charge in [-0.1, -0.05) is 72.8 Å². The van der Waals surface area contributed by atoms with E-state index in [1.54, 1.807) is 14.2 Å². The summed E-state index contributed by atoms with van der Waals surface area (Å²) in [5.74, 6) is 0.773. The summed E-state index contributed by atoms with van der Waals surface area (Å²) in [4.78, 5) is 0. The molecule has 0 N–H and O–H groups in total. The van der Waals surface area contributed by atoms with Crippen molar-refractivity contribution in [2.24, 2.45) is 0 Å². The molecule has 2 aliphatic heterocycles. The number of hydrogen-bond acceptors (Lipinski definition) is 7. The van der Waals surface area contributed by atoms with E-state index in [-0.39, 0.29) is 6.10 Å². The van der Waals surface area contributed by atoms with Crippen molar-refractivity contribution in [2.45, 2.75) is 50.2 Å². The van der Waals surface area contributed by atoms with Gasteiger partial charge in [-0.2, -0.15) is 0 Å². The van der Waals surface area contributed by atoms with Gasteiger partial charge in [0.1, 0.15) is 30.2 Å². The molecule has 7 heteroatoms. The highest BCUT2D eigenvalue weighted by Gasteiger charge is 2.51. The largest absolute Gasteiger partial charge is 0.497 e. The molecule has 7 nitrogen and oxygen atoms in total. The molecular formula is C29H32O7. The van der Waals surface area contributed by atoms with Crippen molar-refractivity contribution in [3.8, 4) is 5.75 Å². The van der Waals surface area contributed by atoms with Crippen LogP contribution in [0.15, 0.2) is 84.9 Å². The molecule has 6 atom stereocenters. The molecular weight excluding hydrogens is 460 g/mol. The minimum Gasteiger partial charge on any atom is -0.497 e. The lowest BCUT2D eigenvalue weighted by atomic mass is 9.97. The number of methoxy groups -OCH3 is 2. The van der Waals surface area contributed by atoms with E-state index in [4.69, 9.17) is 33.2 Å². The lowest BCUT2D eigenvalue weighted by Gasteiger charge is -2.48. The van der Waals surface area contributed by atoms with Crippen LogP contribution in [0.2, 0.25) is 0 Å². The molecule has 1 unspecified atom stereocenters. The Bertz CT molecular complexity index is 1060. The maximum absolute atomic E-state index is 6.51. The number of ether oxygens (including phenoxy) is 7. The number of fused-ring (bicyclic) bond motifs is 1. The van der Waals surface area contributed by atoms with Crippen molar-refractivity contribution >= 4 is 0 Å². The van der Waals surface area contributed by atoms with Gasteiger partial charge in [0.15, 0.2) is 12.6 Å². The molecule has 5 rings (SSSR count). The Balaban J connectivity index is 1.38. The molecule has 0 amide bonds. The van der Waals surface area contributed by atoms with Crippen molar-refractivity contribution in [1.29, 1.82) is 0 Å². The molecule has 0 radical (unpaired) electrons. The Labute approximate surface area is 211 Å². The zero-order chi connectivity index (χ0) is 24.7. The first kappa shape index (κ1) is 24.9. The SMILES string of the molecule is COc1ccc(C2OC[C@H]3O[C@@H](OC)[C@@H](OCc4ccccc4)[C@@H](OCc4ccccc4)[C@@H]3O2)cc1. The second kappa shape index (κ2) is 12.0. The van der Waals surface area contributed by atoms with Crippen LogP contribution in [0, 0.1) is 0 Å². The Morgan fingerprint density at radius 2 is 1.33 bits per heavy atom. The first-order valence-electron chi connectivity index (χ1n) is 12.2. The van der Waals surface area contributed by atoms with Gasteiger partial charge in [-0.25, -0.2) is 0 Å².